The Kier molecular flexibility index (Phi) is 4.44. The first kappa shape index (κ1) is 15.8. The molecule has 1 aliphatic heterocycles. The molecule has 2 aromatic carbocycles. The molecule has 0 bridgehead atoms. The van der Waals surface area contributed by atoms with Crippen molar-refractivity contribution in [1.82, 2.24) is 9.88 Å². The molecule has 3 aromatic rings. The lowest BCUT2D eigenvalue weighted by atomic mass is 10.1. The summed E-state index contributed by atoms with van der Waals surface area (Å²) in [5.74, 6) is -0.177. The Morgan fingerprint density at radius 1 is 1.00 bits per heavy atom. The second kappa shape index (κ2) is 7.03. The van der Waals surface area contributed by atoms with E-state index in [1.807, 2.05) is 42.5 Å². The summed E-state index contributed by atoms with van der Waals surface area (Å²) in [4.78, 5) is 19.4. The van der Waals surface area contributed by atoms with Crippen LogP contribution in [0.3, 0.4) is 0 Å². The van der Waals surface area contributed by atoms with Crippen LogP contribution in [0, 0.1) is 0 Å². The Hall–Kier alpha value is -2.72. The number of nitrogens with zero attached hydrogens (tertiary/aromatic N) is 2. The van der Waals surface area contributed by atoms with Gasteiger partial charge in [-0.3, -0.25) is 9.69 Å². The lowest BCUT2D eigenvalue weighted by Crippen LogP contribution is -2.18. The van der Waals surface area contributed by atoms with Gasteiger partial charge in [-0.15, -0.1) is 0 Å². The van der Waals surface area contributed by atoms with Crippen LogP contribution >= 0.6 is 0 Å². The number of carbonyl (C=O) groups is 1. The predicted molar refractivity (Wildman–Crippen MR) is 101 cm³/mol. The largest absolute Gasteiger partial charge is 0.321 e. The average molecular weight is 331 g/mol. The van der Waals surface area contributed by atoms with Gasteiger partial charge in [-0.1, -0.05) is 36.4 Å². The molecule has 0 spiro atoms. The van der Waals surface area contributed by atoms with E-state index in [0.717, 1.165) is 36.2 Å². The summed E-state index contributed by atoms with van der Waals surface area (Å²) < 4.78 is 0. The zero-order valence-corrected chi connectivity index (χ0v) is 14.1. The number of amides is 1. The molecule has 0 aliphatic carbocycles. The molecule has 0 unspecified atom stereocenters. The third-order valence-electron chi connectivity index (χ3n) is 4.62. The molecule has 4 heteroatoms. The van der Waals surface area contributed by atoms with Crippen molar-refractivity contribution in [2.24, 2.45) is 0 Å². The summed E-state index contributed by atoms with van der Waals surface area (Å²) in [7, 11) is 0. The predicted octanol–water partition coefficient (Wildman–Crippen LogP) is 4.08. The lowest BCUT2D eigenvalue weighted by molar-refractivity contribution is 0.102. The van der Waals surface area contributed by atoms with E-state index in [1.54, 1.807) is 6.07 Å². The third kappa shape index (κ3) is 3.69. The average Bonchev–Trinajstić information content (AvgIpc) is 3.14. The summed E-state index contributed by atoms with van der Waals surface area (Å²) in [6, 6.07) is 19.6. The van der Waals surface area contributed by atoms with Crippen molar-refractivity contribution in [2.75, 3.05) is 18.4 Å². The molecule has 25 heavy (non-hydrogen) atoms. The molecule has 1 amide bonds. The zero-order chi connectivity index (χ0) is 17.1. The summed E-state index contributed by atoms with van der Waals surface area (Å²) in [6.07, 6.45) is 2.56. The molecule has 4 rings (SSSR count). The van der Waals surface area contributed by atoms with Gasteiger partial charge in [0.2, 0.25) is 0 Å². The van der Waals surface area contributed by atoms with Gasteiger partial charge in [0.25, 0.3) is 5.91 Å². The van der Waals surface area contributed by atoms with Crippen LogP contribution in [-0.2, 0) is 6.54 Å². The fourth-order valence-electron chi connectivity index (χ4n) is 3.33. The Bertz CT molecular complexity index is 900. The molecule has 4 nitrogen and oxygen atoms in total. The van der Waals surface area contributed by atoms with Gasteiger partial charge in [0.1, 0.15) is 5.69 Å². The summed E-state index contributed by atoms with van der Waals surface area (Å²) >= 11 is 0. The van der Waals surface area contributed by atoms with E-state index < -0.39 is 0 Å². The minimum Gasteiger partial charge on any atom is -0.321 e. The van der Waals surface area contributed by atoms with E-state index in [-0.39, 0.29) is 5.91 Å². The van der Waals surface area contributed by atoms with Crippen molar-refractivity contribution < 1.29 is 4.79 Å². The molecule has 0 atom stereocenters. The maximum Gasteiger partial charge on any atom is 0.274 e. The van der Waals surface area contributed by atoms with Crippen LogP contribution in [0.25, 0.3) is 10.9 Å². The smallest absolute Gasteiger partial charge is 0.274 e. The fourth-order valence-corrected chi connectivity index (χ4v) is 3.33. The maximum atomic E-state index is 12.5. The molecule has 1 N–H and O–H groups in total. The first-order valence-corrected chi connectivity index (χ1v) is 8.76. The van der Waals surface area contributed by atoms with Crippen LogP contribution in [0.2, 0.25) is 0 Å². The zero-order valence-electron chi connectivity index (χ0n) is 14.1. The molecule has 1 fully saturated rings. The molecule has 1 aliphatic rings. The number of hydrogen-bond acceptors (Lipinski definition) is 3. The molecule has 1 aromatic heterocycles. The van der Waals surface area contributed by atoms with Gasteiger partial charge < -0.3 is 5.32 Å². The highest BCUT2D eigenvalue weighted by atomic mass is 16.1. The van der Waals surface area contributed by atoms with Crippen molar-refractivity contribution in [3.8, 4) is 0 Å². The number of nitrogens with one attached hydrogen (secondary N) is 1. The molecular formula is C21H21N3O. The molecule has 1 saturated heterocycles. The lowest BCUT2D eigenvalue weighted by Gasteiger charge is -2.15. The van der Waals surface area contributed by atoms with Gasteiger partial charge in [0.05, 0.1) is 5.52 Å². The normalized spacial score (nSPS) is 14.7. The second-order valence-corrected chi connectivity index (χ2v) is 6.53. The van der Waals surface area contributed by atoms with Crippen LogP contribution in [0.1, 0.15) is 28.9 Å². The number of pyridine rings is 1. The van der Waals surface area contributed by atoms with E-state index in [0.29, 0.717) is 5.69 Å². The molecule has 126 valence electrons. The van der Waals surface area contributed by atoms with Crippen LogP contribution in [-0.4, -0.2) is 28.9 Å². The first-order chi connectivity index (χ1) is 12.3. The minimum absolute atomic E-state index is 0.177. The highest BCUT2D eigenvalue weighted by Crippen LogP contribution is 2.17. The molecule has 2 heterocycles. The summed E-state index contributed by atoms with van der Waals surface area (Å²) in [5, 5.41) is 4.00. The third-order valence-corrected chi connectivity index (χ3v) is 4.62. The van der Waals surface area contributed by atoms with Crippen LogP contribution < -0.4 is 5.32 Å². The fraction of sp³-hybridized carbons (Fsp3) is 0.238. The van der Waals surface area contributed by atoms with Gasteiger partial charge in [0.15, 0.2) is 0 Å². The number of likely N-dealkylation sites (tertiary alicyclic amines) is 1. The Morgan fingerprint density at radius 2 is 1.84 bits per heavy atom. The van der Waals surface area contributed by atoms with Crippen molar-refractivity contribution in [1.29, 1.82) is 0 Å². The number of anilines is 1. The van der Waals surface area contributed by atoms with Gasteiger partial charge in [-0.2, -0.15) is 0 Å². The minimum atomic E-state index is -0.177. The van der Waals surface area contributed by atoms with Gasteiger partial charge >= 0.3 is 0 Å². The van der Waals surface area contributed by atoms with Gasteiger partial charge in [-0.05, 0) is 55.8 Å². The number of aromatic nitrogens is 1. The number of para-hydroxylation sites is 1. The van der Waals surface area contributed by atoms with Crippen molar-refractivity contribution in [3.63, 3.8) is 0 Å². The number of fused-ring (bicyclic) bond motifs is 1. The Labute approximate surface area is 147 Å². The van der Waals surface area contributed by atoms with E-state index in [2.05, 4.69) is 27.3 Å². The molecular weight excluding hydrogens is 310 g/mol. The van der Waals surface area contributed by atoms with Gasteiger partial charge in [0, 0.05) is 17.6 Å². The Morgan fingerprint density at radius 3 is 2.72 bits per heavy atom. The standard InChI is InChI=1S/C21H21N3O/c25-21(20-11-10-17-7-1-2-9-19(17)23-20)22-18-8-5-6-16(14-18)15-24-12-3-4-13-24/h1-2,5-11,14H,3-4,12-13,15H2,(H,22,25). The monoisotopic (exact) mass is 331 g/mol. The number of benzene rings is 2. The molecule has 0 saturated carbocycles. The highest BCUT2D eigenvalue weighted by Gasteiger charge is 2.13. The van der Waals surface area contributed by atoms with Crippen LogP contribution in [0.4, 0.5) is 5.69 Å². The highest BCUT2D eigenvalue weighted by molar-refractivity contribution is 6.04. The van der Waals surface area contributed by atoms with Gasteiger partial charge in [-0.25, -0.2) is 4.98 Å². The van der Waals surface area contributed by atoms with Crippen LogP contribution in [0.5, 0.6) is 0 Å². The van der Waals surface area contributed by atoms with Crippen molar-refractivity contribution >= 4 is 22.5 Å². The number of carbonyl (C=O) groups excluding carboxylic acids is 1. The molecule has 0 radical (unpaired) electrons. The number of rotatable bonds is 4. The van der Waals surface area contributed by atoms with Crippen LogP contribution in [0.15, 0.2) is 60.7 Å². The second-order valence-electron chi connectivity index (χ2n) is 6.53. The quantitative estimate of drug-likeness (QED) is 0.783. The van der Waals surface area contributed by atoms with E-state index in [9.17, 15) is 4.79 Å². The van der Waals surface area contributed by atoms with Crippen molar-refractivity contribution in [3.05, 3.63) is 71.9 Å². The van der Waals surface area contributed by atoms with E-state index >= 15 is 0 Å². The SMILES string of the molecule is O=C(Nc1cccc(CN2CCCC2)c1)c1ccc2ccccc2n1. The topological polar surface area (TPSA) is 45.2 Å². The maximum absolute atomic E-state index is 12.5. The van der Waals surface area contributed by atoms with E-state index in [1.165, 1.54) is 18.4 Å². The van der Waals surface area contributed by atoms with Crippen molar-refractivity contribution in [2.45, 2.75) is 19.4 Å². The Balaban J connectivity index is 1.49. The number of hydrogen-bond donors (Lipinski definition) is 1. The first-order valence-electron chi connectivity index (χ1n) is 8.76. The van der Waals surface area contributed by atoms with E-state index in [4.69, 9.17) is 0 Å². The summed E-state index contributed by atoms with van der Waals surface area (Å²) in [5.41, 5.74) is 3.31. The summed E-state index contributed by atoms with van der Waals surface area (Å²) in [6.45, 7) is 3.27.